The van der Waals surface area contributed by atoms with Gasteiger partial charge in [-0.3, -0.25) is 0 Å². The van der Waals surface area contributed by atoms with Gasteiger partial charge in [0.25, 0.3) is 0 Å². The molecular weight excluding hydrogens is 481 g/mol. The number of hydrogen-bond donors (Lipinski definition) is 1. The summed E-state index contributed by atoms with van der Waals surface area (Å²) in [5, 5.41) is 11.1. The van der Waals surface area contributed by atoms with Gasteiger partial charge >= 0.3 is 21.3 Å². The van der Waals surface area contributed by atoms with Gasteiger partial charge in [-0.2, -0.15) is 21.6 Å². The van der Waals surface area contributed by atoms with Gasteiger partial charge in [-0.25, -0.2) is 4.79 Å². The summed E-state index contributed by atoms with van der Waals surface area (Å²) in [5.41, 5.74) is -7.89. The minimum atomic E-state index is -5.99. The van der Waals surface area contributed by atoms with E-state index in [-0.39, 0.29) is 17.6 Å². The number of benzene rings is 1. The Hall–Kier alpha value is -1.89. The molecule has 1 aromatic carbocycles. The van der Waals surface area contributed by atoms with Gasteiger partial charge in [-0.15, -0.1) is 0 Å². The first kappa shape index (κ1) is 27.4. The van der Waals surface area contributed by atoms with Crippen LogP contribution in [0.5, 0.6) is 5.75 Å². The number of hydrogen-bond acceptors (Lipinski definition) is 7. The van der Waals surface area contributed by atoms with Crippen molar-refractivity contribution >= 4 is 29.4 Å². The van der Waals surface area contributed by atoms with Crippen molar-refractivity contribution in [3.05, 3.63) is 40.2 Å². The molecule has 0 unspecified atom stereocenters. The Kier molecular flexibility index (Phi) is 8.09. The Balaban J connectivity index is 2.64. The smallest absolute Gasteiger partial charge is 0.423 e. The maximum Gasteiger partial charge on any atom is 0.534 e. The van der Waals surface area contributed by atoms with E-state index in [9.17, 15) is 31.5 Å². The highest BCUT2D eigenvalue weighted by molar-refractivity contribution is 7.88. The molecule has 33 heavy (non-hydrogen) atoms. The molecule has 1 atom stereocenters. The summed E-state index contributed by atoms with van der Waals surface area (Å²) in [4.78, 5) is 11.5. The first-order valence-corrected chi connectivity index (χ1v) is 14.5. The molecule has 12 heteroatoms. The van der Waals surface area contributed by atoms with Crippen LogP contribution in [-0.4, -0.2) is 39.1 Å². The summed E-state index contributed by atoms with van der Waals surface area (Å²) in [7, 11) is -8.25. The lowest BCUT2D eigenvalue weighted by Crippen LogP contribution is -2.49. The average Bonchev–Trinajstić information content (AvgIpc) is 2.70. The number of alkyl halides is 3. The fourth-order valence-electron chi connectivity index (χ4n) is 3.48. The van der Waals surface area contributed by atoms with Crippen LogP contribution in [0, 0.1) is 0 Å². The molecule has 7 nitrogen and oxygen atoms in total. The molecule has 0 saturated carbocycles. The van der Waals surface area contributed by atoms with Crippen LogP contribution in [0.2, 0.25) is 18.1 Å². The van der Waals surface area contributed by atoms with E-state index in [1.54, 1.807) is 0 Å². The van der Waals surface area contributed by atoms with Crippen molar-refractivity contribution in [3.63, 3.8) is 0 Å². The quantitative estimate of drug-likeness (QED) is 0.213. The van der Waals surface area contributed by atoms with Gasteiger partial charge < -0.3 is 18.1 Å². The largest absolute Gasteiger partial charge is 0.534 e. The van der Waals surface area contributed by atoms with Crippen LogP contribution in [0.3, 0.4) is 0 Å². The summed E-state index contributed by atoms with van der Waals surface area (Å²) >= 11 is 0. The molecule has 0 aliphatic heterocycles. The van der Waals surface area contributed by atoms with Gasteiger partial charge in [0.1, 0.15) is 11.3 Å². The van der Waals surface area contributed by atoms with Gasteiger partial charge in [0.15, 0.2) is 8.32 Å². The third-order valence-corrected chi connectivity index (χ3v) is 11.4. The Morgan fingerprint density at radius 2 is 1.67 bits per heavy atom. The monoisotopic (exact) mass is 510 g/mol. The van der Waals surface area contributed by atoms with Crippen molar-refractivity contribution in [2.75, 3.05) is 0 Å². The van der Waals surface area contributed by atoms with E-state index in [4.69, 9.17) is 8.84 Å². The van der Waals surface area contributed by atoms with Crippen molar-refractivity contribution in [1.82, 2.24) is 0 Å². The van der Waals surface area contributed by atoms with E-state index in [0.29, 0.717) is 5.39 Å². The lowest BCUT2D eigenvalue weighted by Gasteiger charge is -2.39. The second-order valence-corrected chi connectivity index (χ2v) is 14.7. The van der Waals surface area contributed by atoms with E-state index < -0.39 is 47.0 Å². The fourth-order valence-corrected chi connectivity index (χ4v) is 6.94. The molecule has 186 valence electrons. The molecule has 0 radical (unpaired) electrons. The zero-order valence-corrected chi connectivity index (χ0v) is 21.0. The first-order chi connectivity index (χ1) is 15.1. The second-order valence-electron chi connectivity index (χ2n) is 8.44. The first-order valence-electron chi connectivity index (χ1n) is 10.5. The van der Waals surface area contributed by atoms with Crippen LogP contribution >= 0.6 is 0 Å². The Morgan fingerprint density at radius 1 is 1.09 bits per heavy atom. The molecule has 1 N–H and O–H groups in total. The van der Waals surface area contributed by atoms with Crippen molar-refractivity contribution < 1.29 is 39.7 Å². The normalized spacial score (nSPS) is 14.5. The predicted molar refractivity (Wildman–Crippen MR) is 120 cm³/mol. The van der Waals surface area contributed by atoms with E-state index in [2.05, 4.69) is 4.18 Å². The third kappa shape index (κ3) is 6.37. The molecular formula is C21H29F3O7SSi. The minimum absolute atomic E-state index is 0.0579. The summed E-state index contributed by atoms with van der Waals surface area (Å²) in [5.74, 6) is -0.649. The van der Waals surface area contributed by atoms with Crippen LogP contribution in [0.15, 0.2) is 33.5 Å². The molecule has 0 saturated heterocycles. The Morgan fingerprint density at radius 3 is 2.15 bits per heavy atom. The van der Waals surface area contributed by atoms with Crippen molar-refractivity contribution in [2.24, 2.45) is 0 Å². The maximum atomic E-state index is 13.0. The van der Waals surface area contributed by atoms with Crippen LogP contribution in [0.1, 0.15) is 40.2 Å². The molecule has 0 spiro atoms. The fraction of sp³-hybridized carbons (Fsp3) is 0.571. The van der Waals surface area contributed by atoms with Crippen LogP contribution in [0.4, 0.5) is 13.2 Å². The summed E-state index contributed by atoms with van der Waals surface area (Å²) in [6.07, 6.45) is -0.983. The second kappa shape index (κ2) is 9.77. The summed E-state index contributed by atoms with van der Waals surface area (Å²) in [6, 6.07) is 7.13. The average molecular weight is 511 g/mol. The molecule has 1 heterocycles. The SMILES string of the molecule is CC[Si](CC)(CC)O[C@@H](Cc1cc2ccc(=O)oc2cc1OS(=O)(=O)C(F)(F)F)C(C)(C)O. The van der Waals surface area contributed by atoms with Gasteiger partial charge in [0.2, 0.25) is 0 Å². The van der Waals surface area contributed by atoms with Crippen molar-refractivity contribution in [2.45, 2.75) is 76.4 Å². The molecule has 0 amide bonds. The summed E-state index contributed by atoms with van der Waals surface area (Å²) < 4.78 is 78.2. The van der Waals surface area contributed by atoms with E-state index in [1.165, 1.54) is 26.0 Å². The number of halogens is 3. The zero-order chi connectivity index (χ0) is 25.2. The van der Waals surface area contributed by atoms with E-state index >= 15 is 0 Å². The van der Waals surface area contributed by atoms with Gasteiger partial charge in [-0.1, -0.05) is 20.8 Å². The standard InChI is InChI=1S/C21H29F3O7SSi/c1-6-33(7-2,8-3)31-18(20(4,5)26)12-15-11-14-9-10-19(25)29-16(14)13-17(15)30-32(27,28)21(22,23)24/h9-11,13,18,26H,6-8,12H2,1-5H3/t18-/m0/s1. The van der Waals surface area contributed by atoms with E-state index in [0.717, 1.165) is 30.3 Å². The number of aliphatic hydroxyl groups is 1. The molecule has 0 fully saturated rings. The van der Waals surface area contributed by atoms with Crippen LogP contribution < -0.4 is 9.81 Å². The predicted octanol–water partition coefficient (Wildman–Crippen LogP) is 4.73. The molecule has 0 bridgehead atoms. The zero-order valence-electron chi connectivity index (χ0n) is 19.2. The minimum Gasteiger partial charge on any atom is -0.423 e. The lowest BCUT2D eigenvalue weighted by molar-refractivity contribution is -0.0502. The molecule has 2 rings (SSSR count). The lowest BCUT2D eigenvalue weighted by atomic mass is 9.94. The van der Waals surface area contributed by atoms with Gasteiger partial charge in [0, 0.05) is 23.9 Å². The highest BCUT2D eigenvalue weighted by atomic mass is 32.2. The molecule has 2 aromatic rings. The molecule has 1 aromatic heterocycles. The van der Waals surface area contributed by atoms with Crippen LogP contribution in [-0.2, 0) is 21.0 Å². The highest BCUT2D eigenvalue weighted by Gasteiger charge is 2.49. The summed E-state index contributed by atoms with van der Waals surface area (Å²) in [6.45, 7) is 9.01. The van der Waals surface area contributed by atoms with Crippen molar-refractivity contribution in [1.29, 1.82) is 0 Å². The maximum absolute atomic E-state index is 13.0. The third-order valence-electron chi connectivity index (χ3n) is 5.80. The highest BCUT2D eigenvalue weighted by Crippen LogP contribution is 2.35. The van der Waals surface area contributed by atoms with Crippen LogP contribution in [0.25, 0.3) is 11.0 Å². The Labute approximate surface area is 191 Å². The number of fused-ring (bicyclic) bond motifs is 1. The molecule has 0 aliphatic carbocycles. The Bertz CT molecular complexity index is 1120. The topological polar surface area (TPSA) is 103 Å². The van der Waals surface area contributed by atoms with E-state index in [1.807, 2.05) is 20.8 Å². The van der Waals surface area contributed by atoms with Gasteiger partial charge in [0.05, 0.1) is 11.7 Å². The number of rotatable bonds is 10. The van der Waals surface area contributed by atoms with Crippen molar-refractivity contribution in [3.8, 4) is 5.75 Å². The van der Waals surface area contributed by atoms with Gasteiger partial charge in [-0.05, 0) is 49.7 Å². The molecule has 0 aliphatic rings.